The van der Waals surface area contributed by atoms with E-state index in [2.05, 4.69) is 18.2 Å². The van der Waals surface area contributed by atoms with Crippen LogP contribution in [0.5, 0.6) is 5.75 Å². The maximum absolute atomic E-state index is 6.10. The molecule has 2 atom stereocenters. The van der Waals surface area contributed by atoms with E-state index in [9.17, 15) is 0 Å². The predicted molar refractivity (Wildman–Crippen MR) is 83.2 cm³/mol. The summed E-state index contributed by atoms with van der Waals surface area (Å²) in [5.41, 5.74) is 9.17. The van der Waals surface area contributed by atoms with Gasteiger partial charge in [-0.3, -0.25) is 0 Å². The third kappa shape index (κ3) is 2.58. The molecule has 0 heterocycles. The van der Waals surface area contributed by atoms with Gasteiger partial charge in [-0.25, -0.2) is 0 Å². The Balaban J connectivity index is 1.95. The number of benzene rings is 1. The second-order valence-corrected chi connectivity index (χ2v) is 6.52. The lowest BCUT2D eigenvalue weighted by Gasteiger charge is -2.40. The summed E-state index contributed by atoms with van der Waals surface area (Å²) in [6.45, 7) is 0.831. The monoisotopic (exact) mass is 273 g/mol. The molecule has 0 aromatic heterocycles. The Morgan fingerprint density at radius 3 is 2.65 bits per heavy atom. The topological polar surface area (TPSA) is 35.2 Å². The molecule has 0 bridgehead atoms. The van der Waals surface area contributed by atoms with Gasteiger partial charge in [0.05, 0.1) is 7.11 Å². The number of rotatable bonds is 3. The van der Waals surface area contributed by atoms with Gasteiger partial charge in [-0.2, -0.15) is 0 Å². The quantitative estimate of drug-likeness (QED) is 0.907. The zero-order valence-electron chi connectivity index (χ0n) is 12.6. The molecule has 1 fully saturated rings. The average molecular weight is 273 g/mol. The third-order valence-electron chi connectivity index (χ3n) is 5.46. The van der Waals surface area contributed by atoms with Gasteiger partial charge >= 0.3 is 0 Å². The fourth-order valence-electron chi connectivity index (χ4n) is 4.41. The third-order valence-corrected chi connectivity index (χ3v) is 5.46. The molecular weight excluding hydrogens is 246 g/mol. The van der Waals surface area contributed by atoms with Crippen molar-refractivity contribution in [2.45, 2.75) is 50.9 Å². The highest BCUT2D eigenvalue weighted by Crippen LogP contribution is 2.46. The molecule has 20 heavy (non-hydrogen) atoms. The van der Waals surface area contributed by atoms with E-state index in [-0.39, 0.29) is 0 Å². The van der Waals surface area contributed by atoms with Crippen LogP contribution in [0, 0.1) is 11.8 Å². The fraction of sp³-hybridized carbons (Fsp3) is 0.667. The zero-order chi connectivity index (χ0) is 13.9. The molecule has 0 aliphatic heterocycles. The number of fused-ring (bicyclic) bond motifs is 1. The Morgan fingerprint density at radius 2 is 1.95 bits per heavy atom. The van der Waals surface area contributed by atoms with Gasteiger partial charge in [0, 0.05) is 0 Å². The maximum Gasteiger partial charge on any atom is 0.119 e. The van der Waals surface area contributed by atoms with Crippen molar-refractivity contribution in [2.75, 3.05) is 13.7 Å². The van der Waals surface area contributed by atoms with Crippen molar-refractivity contribution >= 4 is 0 Å². The summed E-state index contributed by atoms with van der Waals surface area (Å²) in [5, 5.41) is 0. The van der Waals surface area contributed by atoms with Crippen LogP contribution in [0.15, 0.2) is 18.2 Å². The molecule has 3 rings (SSSR count). The Bertz CT molecular complexity index is 451. The fourth-order valence-corrected chi connectivity index (χ4v) is 4.41. The van der Waals surface area contributed by atoms with Crippen LogP contribution in [-0.4, -0.2) is 13.7 Å². The number of hydrogen-bond acceptors (Lipinski definition) is 2. The molecule has 1 saturated carbocycles. The van der Waals surface area contributed by atoms with Crippen molar-refractivity contribution in [1.29, 1.82) is 0 Å². The first-order valence-corrected chi connectivity index (χ1v) is 8.20. The predicted octanol–water partition coefficient (Wildman–Crippen LogP) is 3.88. The van der Waals surface area contributed by atoms with E-state index in [0.29, 0.717) is 11.8 Å². The average Bonchev–Trinajstić information content (AvgIpc) is 2.53. The van der Waals surface area contributed by atoms with E-state index >= 15 is 0 Å². The highest BCUT2D eigenvalue weighted by Gasteiger charge is 2.35. The van der Waals surface area contributed by atoms with Crippen LogP contribution in [0.4, 0.5) is 0 Å². The number of methoxy groups -OCH3 is 1. The molecule has 0 saturated heterocycles. The van der Waals surface area contributed by atoms with Crippen LogP contribution in [0.25, 0.3) is 0 Å². The minimum Gasteiger partial charge on any atom is -0.497 e. The van der Waals surface area contributed by atoms with Crippen LogP contribution in [-0.2, 0) is 6.42 Å². The molecule has 1 aromatic rings. The van der Waals surface area contributed by atoms with Gasteiger partial charge in [-0.1, -0.05) is 25.3 Å². The molecule has 1 aromatic carbocycles. The number of nitrogens with two attached hydrogens (primary N) is 1. The molecule has 2 N–H and O–H groups in total. The van der Waals surface area contributed by atoms with Crippen molar-refractivity contribution in [3.63, 3.8) is 0 Å². The van der Waals surface area contributed by atoms with Crippen LogP contribution in [0.2, 0.25) is 0 Å². The van der Waals surface area contributed by atoms with Crippen molar-refractivity contribution in [3.05, 3.63) is 29.3 Å². The van der Waals surface area contributed by atoms with Gasteiger partial charge in [0.2, 0.25) is 0 Å². The summed E-state index contributed by atoms with van der Waals surface area (Å²) in [5.74, 6) is 3.17. The number of ether oxygens (including phenoxy) is 1. The first-order valence-electron chi connectivity index (χ1n) is 8.20. The van der Waals surface area contributed by atoms with Crippen molar-refractivity contribution in [1.82, 2.24) is 0 Å². The Morgan fingerprint density at radius 1 is 1.15 bits per heavy atom. The van der Waals surface area contributed by atoms with Gasteiger partial charge in [0.1, 0.15) is 5.75 Å². The molecule has 0 radical (unpaired) electrons. The van der Waals surface area contributed by atoms with E-state index in [1.54, 1.807) is 7.11 Å². The highest BCUT2D eigenvalue weighted by molar-refractivity contribution is 5.40. The normalized spacial score (nSPS) is 27.1. The van der Waals surface area contributed by atoms with Gasteiger partial charge in [0.25, 0.3) is 0 Å². The first kappa shape index (κ1) is 13.9. The largest absolute Gasteiger partial charge is 0.497 e. The summed E-state index contributed by atoms with van der Waals surface area (Å²) >= 11 is 0. The van der Waals surface area contributed by atoms with E-state index < -0.39 is 0 Å². The van der Waals surface area contributed by atoms with E-state index in [1.807, 2.05) is 0 Å². The van der Waals surface area contributed by atoms with Gasteiger partial charge in [-0.15, -0.1) is 0 Å². The second kappa shape index (κ2) is 6.17. The summed E-state index contributed by atoms with van der Waals surface area (Å²) in [6, 6.07) is 6.67. The molecule has 2 aliphatic rings. The SMILES string of the molecule is COc1ccc2c(c1)C(C1CCCCC1)C(CN)CC2. The second-order valence-electron chi connectivity index (χ2n) is 6.52. The Labute approximate surface area is 122 Å². The van der Waals surface area contributed by atoms with Gasteiger partial charge in [0.15, 0.2) is 0 Å². The maximum atomic E-state index is 6.10. The van der Waals surface area contributed by atoms with Crippen molar-refractivity contribution < 1.29 is 4.74 Å². The number of hydrogen-bond donors (Lipinski definition) is 1. The van der Waals surface area contributed by atoms with Gasteiger partial charge in [-0.05, 0) is 73.2 Å². The Hall–Kier alpha value is -1.02. The van der Waals surface area contributed by atoms with Crippen molar-refractivity contribution in [3.8, 4) is 5.75 Å². The zero-order valence-corrected chi connectivity index (χ0v) is 12.6. The summed E-state index contributed by atoms with van der Waals surface area (Å²) < 4.78 is 5.45. The summed E-state index contributed by atoms with van der Waals surface area (Å²) in [6.07, 6.45) is 9.44. The van der Waals surface area contributed by atoms with Crippen LogP contribution in [0.1, 0.15) is 55.6 Å². The molecule has 2 aliphatic carbocycles. The number of aryl methyl sites for hydroxylation is 1. The molecule has 2 unspecified atom stereocenters. The molecule has 0 amide bonds. The van der Waals surface area contributed by atoms with Crippen molar-refractivity contribution in [2.24, 2.45) is 17.6 Å². The van der Waals surface area contributed by atoms with E-state index in [0.717, 1.165) is 18.2 Å². The lowest BCUT2D eigenvalue weighted by molar-refractivity contribution is 0.226. The summed E-state index contributed by atoms with van der Waals surface area (Å²) in [7, 11) is 1.76. The molecule has 2 nitrogen and oxygen atoms in total. The first-order chi connectivity index (χ1) is 9.83. The smallest absolute Gasteiger partial charge is 0.119 e. The lowest BCUT2D eigenvalue weighted by Crippen LogP contribution is -2.32. The molecule has 0 spiro atoms. The lowest BCUT2D eigenvalue weighted by atomic mass is 9.65. The van der Waals surface area contributed by atoms with Crippen LogP contribution < -0.4 is 10.5 Å². The van der Waals surface area contributed by atoms with E-state index in [4.69, 9.17) is 10.5 Å². The minimum atomic E-state index is 0.665. The summed E-state index contributed by atoms with van der Waals surface area (Å²) in [4.78, 5) is 0. The standard InChI is InChI=1S/C18H27NO/c1-20-16-10-9-13-7-8-15(12-19)18(17(13)11-16)14-5-3-2-4-6-14/h9-11,14-15,18H,2-8,12,19H2,1H3. The van der Waals surface area contributed by atoms with E-state index in [1.165, 1.54) is 56.1 Å². The highest BCUT2D eigenvalue weighted by atomic mass is 16.5. The molecule has 110 valence electrons. The minimum absolute atomic E-state index is 0.665. The molecular formula is C18H27NO. The molecule has 2 heteroatoms. The van der Waals surface area contributed by atoms with Crippen LogP contribution in [0.3, 0.4) is 0 Å². The Kier molecular flexibility index (Phi) is 4.30. The van der Waals surface area contributed by atoms with Gasteiger partial charge < -0.3 is 10.5 Å². The van der Waals surface area contributed by atoms with Crippen LogP contribution >= 0.6 is 0 Å².